The second kappa shape index (κ2) is 8.53. The fourth-order valence-electron chi connectivity index (χ4n) is 4.01. The van der Waals surface area contributed by atoms with Crippen molar-refractivity contribution in [2.75, 3.05) is 18.0 Å². The smallest absolute Gasteiger partial charge is 0.308 e. The zero-order valence-electron chi connectivity index (χ0n) is 17.3. The Balaban J connectivity index is 1.52. The van der Waals surface area contributed by atoms with E-state index >= 15 is 0 Å². The minimum Gasteiger partial charge on any atom is -0.372 e. The molecule has 1 fully saturated rings. The molecule has 3 aromatic rings. The summed E-state index contributed by atoms with van der Waals surface area (Å²) in [4.78, 5) is 14.5. The first-order valence-electron chi connectivity index (χ1n) is 10.4. The lowest BCUT2D eigenvalue weighted by Crippen LogP contribution is -2.29. The monoisotopic (exact) mass is 445 g/mol. The summed E-state index contributed by atoms with van der Waals surface area (Å²) < 4.78 is 31.0. The standard InChI is InChI=1S/C22H27N3O3S2/c1-3-25-20-12-11-19(15-21(20)29-22(25)26)30(27,28)23-16(2)17-7-9-18(10-8-17)24-13-5-4-6-14-24/h7-12,15-16,23H,3-6,13-14H2,1-2H3/t16-/m0/s1. The zero-order valence-corrected chi connectivity index (χ0v) is 18.9. The summed E-state index contributed by atoms with van der Waals surface area (Å²) in [6.45, 7) is 6.47. The van der Waals surface area contributed by atoms with Gasteiger partial charge in [0.25, 0.3) is 0 Å². The van der Waals surface area contributed by atoms with E-state index in [1.54, 1.807) is 22.8 Å². The van der Waals surface area contributed by atoms with Crippen LogP contribution < -0.4 is 14.5 Å². The Labute approximate surface area is 181 Å². The van der Waals surface area contributed by atoms with Crippen LogP contribution in [0.15, 0.2) is 52.2 Å². The molecule has 1 N–H and O–H groups in total. The Morgan fingerprint density at radius 1 is 1.07 bits per heavy atom. The van der Waals surface area contributed by atoms with Crippen molar-refractivity contribution in [3.63, 3.8) is 0 Å². The van der Waals surface area contributed by atoms with Gasteiger partial charge in [0.1, 0.15) is 0 Å². The topological polar surface area (TPSA) is 71.4 Å². The van der Waals surface area contributed by atoms with Crippen LogP contribution in [0.1, 0.15) is 44.7 Å². The third kappa shape index (κ3) is 4.17. The van der Waals surface area contributed by atoms with Crippen molar-refractivity contribution in [1.29, 1.82) is 0 Å². The average Bonchev–Trinajstić information content (AvgIpc) is 3.08. The van der Waals surface area contributed by atoms with Gasteiger partial charge in [-0.2, -0.15) is 0 Å². The van der Waals surface area contributed by atoms with Crippen molar-refractivity contribution in [1.82, 2.24) is 9.29 Å². The third-order valence-electron chi connectivity index (χ3n) is 5.71. The molecule has 0 saturated carbocycles. The Morgan fingerprint density at radius 2 is 1.77 bits per heavy atom. The fourth-order valence-corrected chi connectivity index (χ4v) is 6.33. The maximum Gasteiger partial charge on any atom is 0.308 e. The molecule has 0 radical (unpaired) electrons. The Kier molecular flexibility index (Phi) is 5.99. The van der Waals surface area contributed by atoms with Gasteiger partial charge in [-0.1, -0.05) is 23.5 Å². The molecule has 1 aliphatic rings. The molecule has 0 unspecified atom stereocenters. The van der Waals surface area contributed by atoms with E-state index < -0.39 is 10.0 Å². The third-order valence-corrected chi connectivity index (χ3v) is 8.19. The largest absolute Gasteiger partial charge is 0.372 e. The quantitative estimate of drug-likeness (QED) is 0.620. The van der Waals surface area contributed by atoms with Crippen LogP contribution in [0.5, 0.6) is 0 Å². The second-order valence-electron chi connectivity index (χ2n) is 7.72. The van der Waals surface area contributed by atoms with Gasteiger partial charge in [-0.25, -0.2) is 13.1 Å². The minimum absolute atomic E-state index is 0.0721. The Bertz CT molecular complexity index is 1190. The first-order chi connectivity index (χ1) is 14.4. The van der Waals surface area contributed by atoms with E-state index in [1.165, 1.54) is 24.9 Å². The van der Waals surface area contributed by atoms with E-state index in [1.807, 2.05) is 26.0 Å². The molecule has 2 aromatic carbocycles. The second-order valence-corrected chi connectivity index (χ2v) is 10.4. The summed E-state index contributed by atoms with van der Waals surface area (Å²) >= 11 is 1.07. The molecule has 4 rings (SSSR count). The van der Waals surface area contributed by atoms with Gasteiger partial charge in [-0.05, 0) is 69.0 Å². The zero-order chi connectivity index (χ0) is 21.3. The molecule has 0 amide bonds. The molecule has 0 bridgehead atoms. The molecule has 160 valence electrons. The lowest BCUT2D eigenvalue weighted by molar-refractivity contribution is 0.566. The number of nitrogens with one attached hydrogen (secondary N) is 1. The van der Waals surface area contributed by atoms with Crippen LogP contribution in [-0.4, -0.2) is 26.1 Å². The number of aryl methyl sites for hydroxylation is 1. The summed E-state index contributed by atoms with van der Waals surface area (Å²) in [5.74, 6) is 0. The highest BCUT2D eigenvalue weighted by Gasteiger charge is 2.20. The van der Waals surface area contributed by atoms with Crippen LogP contribution in [0, 0.1) is 0 Å². The summed E-state index contributed by atoms with van der Waals surface area (Å²) in [7, 11) is -3.71. The first-order valence-corrected chi connectivity index (χ1v) is 12.7. The van der Waals surface area contributed by atoms with E-state index in [2.05, 4.69) is 21.8 Å². The van der Waals surface area contributed by atoms with Crippen LogP contribution in [0.2, 0.25) is 0 Å². The number of hydrogen-bond acceptors (Lipinski definition) is 5. The normalized spacial score (nSPS) is 16.1. The molecular formula is C22H27N3O3S2. The highest BCUT2D eigenvalue weighted by atomic mass is 32.2. The number of nitrogens with zero attached hydrogens (tertiary/aromatic N) is 2. The van der Waals surface area contributed by atoms with Gasteiger partial charge in [0.2, 0.25) is 10.0 Å². The van der Waals surface area contributed by atoms with Gasteiger partial charge in [0, 0.05) is 31.4 Å². The number of anilines is 1. The number of piperidine rings is 1. The van der Waals surface area contributed by atoms with Crippen LogP contribution >= 0.6 is 11.3 Å². The van der Waals surface area contributed by atoms with Crippen molar-refractivity contribution in [3.8, 4) is 0 Å². The van der Waals surface area contributed by atoms with E-state index in [9.17, 15) is 13.2 Å². The van der Waals surface area contributed by atoms with Crippen molar-refractivity contribution >= 4 is 37.3 Å². The van der Waals surface area contributed by atoms with Gasteiger partial charge in [0.05, 0.1) is 15.1 Å². The van der Waals surface area contributed by atoms with Crippen molar-refractivity contribution in [2.45, 2.75) is 50.6 Å². The van der Waals surface area contributed by atoms with Crippen molar-refractivity contribution in [2.24, 2.45) is 0 Å². The van der Waals surface area contributed by atoms with Gasteiger partial charge in [0.15, 0.2) is 0 Å². The summed E-state index contributed by atoms with van der Waals surface area (Å²) in [5.41, 5.74) is 2.88. The summed E-state index contributed by atoms with van der Waals surface area (Å²) in [6.07, 6.45) is 3.73. The lowest BCUT2D eigenvalue weighted by atomic mass is 10.1. The lowest BCUT2D eigenvalue weighted by Gasteiger charge is -2.29. The molecule has 8 heteroatoms. The number of thiazole rings is 1. The van der Waals surface area contributed by atoms with Crippen LogP contribution in [-0.2, 0) is 16.6 Å². The van der Waals surface area contributed by atoms with Gasteiger partial charge in [-0.15, -0.1) is 0 Å². The molecule has 2 heterocycles. The minimum atomic E-state index is -3.71. The summed E-state index contributed by atoms with van der Waals surface area (Å²) in [5, 5.41) is 0. The highest BCUT2D eigenvalue weighted by molar-refractivity contribution is 7.89. The number of sulfonamides is 1. The number of aromatic nitrogens is 1. The van der Waals surface area contributed by atoms with E-state index in [0.717, 1.165) is 35.5 Å². The molecule has 1 aromatic heterocycles. The first kappa shape index (κ1) is 21.1. The van der Waals surface area contributed by atoms with E-state index in [0.29, 0.717) is 11.2 Å². The van der Waals surface area contributed by atoms with Gasteiger partial charge >= 0.3 is 4.87 Å². The highest BCUT2D eigenvalue weighted by Crippen LogP contribution is 2.25. The van der Waals surface area contributed by atoms with Crippen LogP contribution in [0.3, 0.4) is 0 Å². The Hall–Kier alpha value is -2.16. The number of fused-ring (bicyclic) bond motifs is 1. The van der Waals surface area contributed by atoms with Gasteiger partial charge < -0.3 is 4.90 Å². The number of benzene rings is 2. The SMILES string of the molecule is CCn1c(=O)sc2cc(S(=O)(=O)N[C@@H](C)c3ccc(N4CCCCC4)cc3)ccc21. The molecule has 0 aliphatic carbocycles. The predicted octanol–water partition coefficient (Wildman–Crippen LogP) is 4.11. The van der Waals surface area contributed by atoms with Crippen molar-refractivity contribution < 1.29 is 8.42 Å². The summed E-state index contributed by atoms with van der Waals surface area (Å²) in [6, 6.07) is 12.6. The molecule has 1 aliphatic heterocycles. The van der Waals surface area contributed by atoms with E-state index in [-0.39, 0.29) is 15.8 Å². The molecular weight excluding hydrogens is 418 g/mol. The fraction of sp³-hybridized carbons (Fsp3) is 0.409. The molecule has 1 saturated heterocycles. The van der Waals surface area contributed by atoms with Crippen LogP contribution in [0.4, 0.5) is 5.69 Å². The van der Waals surface area contributed by atoms with E-state index in [4.69, 9.17) is 0 Å². The average molecular weight is 446 g/mol. The van der Waals surface area contributed by atoms with Crippen molar-refractivity contribution in [3.05, 3.63) is 57.7 Å². The Morgan fingerprint density at radius 3 is 2.43 bits per heavy atom. The number of rotatable bonds is 6. The van der Waals surface area contributed by atoms with Crippen LogP contribution in [0.25, 0.3) is 10.2 Å². The number of hydrogen-bond donors (Lipinski definition) is 1. The molecule has 1 atom stereocenters. The molecule has 0 spiro atoms. The molecule has 30 heavy (non-hydrogen) atoms. The predicted molar refractivity (Wildman–Crippen MR) is 123 cm³/mol. The molecule has 6 nitrogen and oxygen atoms in total. The van der Waals surface area contributed by atoms with Gasteiger partial charge in [-0.3, -0.25) is 9.36 Å². The maximum atomic E-state index is 12.9. The maximum absolute atomic E-state index is 12.9.